The first kappa shape index (κ1) is 22.8. The van der Waals surface area contributed by atoms with Crippen molar-refractivity contribution in [2.45, 2.75) is 39.0 Å². The van der Waals surface area contributed by atoms with Crippen LogP contribution in [0.15, 0.2) is 18.5 Å². The third kappa shape index (κ3) is 4.53. The molecule has 2 aliphatic rings. The van der Waals surface area contributed by atoms with E-state index >= 15 is 0 Å². The molecule has 0 unspecified atom stereocenters. The molecular weight excluding hydrogens is 449 g/mol. The molecule has 8 nitrogen and oxygen atoms in total. The van der Waals surface area contributed by atoms with Crippen molar-refractivity contribution in [2.75, 3.05) is 31.2 Å². The predicted octanol–water partition coefficient (Wildman–Crippen LogP) is 3.92. The van der Waals surface area contributed by atoms with E-state index in [1.54, 1.807) is 10.9 Å². The highest BCUT2D eigenvalue weighted by Crippen LogP contribution is 2.45. The van der Waals surface area contributed by atoms with Crippen LogP contribution in [-0.4, -0.2) is 57.2 Å². The van der Waals surface area contributed by atoms with E-state index in [0.29, 0.717) is 42.6 Å². The molecule has 0 spiro atoms. The summed E-state index contributed by atoms with van der Waals surface area (Å²) >= 11 is 0. The monoisotopic (exact) mass is 476 g/mol. The summed E-state index contributed by atoms with van der Waals surface area (Å²) in [5, 5.41) is 4.89. The first-order valence-corrected chi connectivity index (χ1v) is 11.4. The zero-order valence-electron chi connectivity index (χ0n) is 19.3. The van der Waals surface area contributed by atoms with E-state index in [2.05, 4.69) is 15.1 Å². The number of fused-ring (bicyclic) bond motifs is 1. The fourth-order valence-electron chi connectivity index (χ4n) is 4.43. The molecule has 5 rings (SSSR count). The molecule has 4 heterocycles. The van der Waals surface area contributed by atoms with Crippen LogP contribution >= 0.6 is 0 Å². The van der Waals surface area contributed by atoms with Gasteiger partial charge < -0.3 is 14.4 Å². The van der Waals surface area contributed by atoms with Crippen LogP contribution < -0.4 is 9.64 Å². The highest BCUT2D eigenvalue weighted by Gasteiger charge is 2.48. The summed E-state index contributed by atoms with van der Waals surface area (Å²) in [4.78, 5) is 16.0. The number of halogens is 3. The molecule has 1 atom stereocenters. The lowest BCUT2D eigenvalue weighted by Gasteiger charge is -2.36. The van der Waals surface area contributed by atoms with Gasteiger partial charge in [0.15, 0.2) is 5.65 Å². The van der Waals surface area contributed by atoms with Crippen LogP contribution in [0, 0.1) is 25.7 Å². The van der Waals surface area contributed by atoms with Gasteiger partial charge in [-0.3, -0.25) is 4.68 Å². The van der Waals surface area contributed by atoms with Crippen molar-refractivity contribution >= 4 is 17.0 Å². The van der Waals surface area contributed by atoms with Crippen LogP contribution in [0.4, 0.5) is 19.1 Å². The number of rotatable bonds is 5. The summed E-state index contributed by atoms with van der Waals surface area (Å²) in [5.74, 6) is -0.547. The van der Waals surface area contributed by atoms with Gasteiger partial charge in [-0.2, -0.15) is 28.2 Å². The lowest BCUT2D eigenvalue weighted by molar-refractivity contribution is -0.206. The Morgan fingerprint density at radius 1 is 1.18 bits per heavy atom. The summed E-state index contributed by atoms with van der Waals surface area (Å²) in [6.07, 6.45) is -0.425. The zero-order valence-corrected chi connectivity index (χ0v) is 19.3. The predicted molar refractivity (Wildman–Crippen MR) is 119 cm³/mol. The number of aromatic nitrogens is 5. The molecule has 1 aliphatic heterocycles. The number of pyridine rings is 1. The molecule has 11 heteroatoms. The number of hydrogen-bond acceptors (Lipinski definition) is 7. The van der Waals surface area contributed by atoms with Gasteiger partial charge in [0, 0.05) is 31.0 Å². The Kier molecular flexibility index (Phi) is 5.83. The van der Waals surface area contributed by atoms with E-state index in [9.17, 15) is 13.2 Å². The summed E-state index contributed by atoms with van der Waals surface area (Å²) in [5.41, 5.74) is 3.30. The Balaban J connectivity index is 1.39. The van der Waals surface area contributed by atoms with E-state index in [1.165, 1.54) is 0 Å². The number of ether oxygens (including phenoxy) is 2. The molecule has 3 aromatic heterocycles. The van der Waals surface area contributed by atoms with Gasteiger partial charge in [0.2, 0.25) is 11.8 Å². The summed E-state index contributed by atoms with van der Waals surface area (Å²) in [6.45, 7) is 5.68. The van der Waals surface area contributed by atoms with Crippen LogP contribution in [-0.2, 0) is 11.8 Å². The number of alkyl halides is 3. The van der Waals surface area contributed by atoms with Crippen molar-refractivity contribution in [2.24, 2.45) is 18.9 Å². The van der Waals surface area contributed by atoms with Crippen LogP contribution in [0.3, 0.4) is 0 Å². The molecule has 1 saturated heterocycles. The molecule has 3 aromatic rings. The molecular formula is C23H27F3N6O2. The van der Waals surface area contributed by atoms with Gasteiger partial charge in [-0.15, -0.1) is 0 Å². The summed E-state index contributed by atoms with van der Waals surface area (Å²) < 4.78 is 52.2. The molecule has 1 aliphatic carbocycles. The van der Waals surface area contributed by atoms with Gasteiger partial charge in [-0.25, -0.2) is 4.98 Å². The molecule has 0 radical (unpaired) electrons. The Morgan fingerprint density at radius 3 is 2.68 bits per heavy atom. The van der Waals surface area contributed by atoms with E-state index < -0.39 is 12.1 Å². The lowest BCUT2D eigenvalue weighted by atomic mass is 9.75. The van der Waals surface area contributed by atoms with E-state index in [4.69, 9.17) is 14.5 Å². The Hall–Kier alpha value is -2.95. The standard InChI is InChI=1S/C23H27F3N6O2/c1-13-6-18-20(28-14(13)2)29-22(30-21(18)34-12-15-7-17(8-15)23(24,25)26)32-4-5-33-19(11-32)16-9-27-31(3)10-16/h6,9-10,15,17,19H,4-5,7-8,11-12H2,1-3H3/t15-,17-,19-/m0/s1. The Labute approximate surface area is 195 Å². The number of aryl methyl sites for hydroxylation is 3. The quantitative estimate of drug-likeness (QED) is 0.552. The van der Waals surface area contributed by atoms with Crippen LogP contribution in [0.2, 0.25) is 0 Å². The van der Waals surface area contributed by atoms with Crippen molar-refractivity contribution in [3.63, 3.8) is 0 Å². The third-order valence-corrected chi connectivity index (χ3v) is 6.68. The normalized spacial score (nSPS) is 23.2. The average molecular weight is 477 g/mol. The minimum Gasteiger partial charge on any atom is -0.477 e. The second-order valence-electron chi connectivity index (χ2n) is 9.23. The second-order valence-corrected chi connectivity index (χ2v) is 9.23. The first-order valence-electron chi connectivity index (χ1n) is 11.4. The van der Waals surface area contributed by atoms with Crippen molar-refractivity contribution < 1.29 is 22.6 Å². The van der Waals surface area contributed by atoms with Crippen molar-refractivity contribution in [3.05, 3.63) is 35.3 Å². The van der Waals surface area contributed by atoms with Crippen molar-refractivity contribution in [1.29, 1.82) is 0 Å². The molecule has 1 saturated carbocycles. The van der Waals surface area contributed by atoms with Crippen molar-refractivity contribution in [1.82, 2.24) is 24.7 Å². The van der Waals surface area contributed by atoms with Gasteiger partial charge >= 0.3 is 6.18 Å². The fourth-order valence-corrected chi connectivity index (χ4v) is 4.43. The third-order valence-electron chi connectivity index (χ3n) is 6.68. The molecule has 0 amide bonds. The summed E-state index contributed by atoms with van der Waals surface area (Å²) in [7, 11) is 1.86. The number of morpholine rings is 1. The molecule has 0 aromatic carbocycles. The molecule has 0 N–H and O–H groups in total. The van der Waals surface area contributed by atoms with E-state index in [-0.39, 0.29) is 31.5 Å². The van der Waals surface area contributed by atoms with Gasteiger partial charge in [-0.05, 0) is 44.2 Å². The zero-order chi connectivity index (χ0) is 24.0. The Morgan fingerprint density at radius 2 is 1.97 bits per heavy atom. The van der Waals surface area contributed by atoms with E-state index in [1.807, 2.05) is 38.1 Å². The maximum atomic E-state index is 12.9. The summed E-state index contributed by atoms with van der Waals surface area (Å²) in [6, 6.07) is 1.92. The molecule has 2 fully saturated rings. The maximum Gasteiger partial charge on any atom is 0.391 e. The fraction of sp³-hybridized carbons (Fsp3) is 0.565. The second kappa shape index (κ2) is 8.68. The van der Waals surface area contributed by atoms with Gasteiger partial charge in [-0.1, -0.05) is 0 Å². The van der Waals surface area contributed by atoms with Crippen LogP contribution in [0.5, 0.6) is 5.88 Å². The highest BCUT2D eigenvalue weighted by molar-refractivity contribution is 5.82. The maximum absolute atomic E-state index is 12.9. The molecule has 182 valence electrons. The van der Waals surface area contributed by atoms with Crippen molar-refractivity contribution in [3.8, 4) is 5.88 Å². The number of anilines is 1. The molecule has 0 bridgehead atoms. The smallest absolute Gasteiger partial charge is 0.391 e. The van der Waals surface area contributed by atoms with Gasteiger partial charge in [0.05, 0.1) is 37.3 Å². The number of nitrogens with zero attached hydrogens (tertiary/aromatic N) is 6. The minimum atomic E-state index is -4.13. The van der Waals surface area contributed by atoms with Gasteiger partial charge in [0.25, 0.3) is 0 Å². The SMILES string of the molecule is Cc1cc2c(OC[C@H]3C[C@H](C(F)(F)F)C3)nc(N3CCO[C@H](c4cnn(C)c4)C3)nc2nc1C. The van der Waals surface area contributed by atoms with Crippen LogP contribution in [0.1, 0.15) is 35.8 Å². The largest absolute Gasteiger partial charge is 0.477 e. The first-order chi connectivity index (χ1) is 16.2. The topological polar surface area (TPSA) is 78.2 Å². The van der Waals surface area contributed by atoms with Gasteiger partial charge in [0.1, 0.15) is 6.10 Å². The molecule has 34 heavy (non-hydrogen) atoms. The van der Waals surface area contributed by atoms with Crippen LogP contribution in [0.25, 0.3) is 11.0 Å². The van der Waals surface area contributed by atoms with E-state index in [0.717, 1.165) is 16.8 Å². The Bertz CT molecular complexity index is 1190. The lowest BCUT2D eigenvalue weighted by Crippen LogP contribution is -2.39. The minimum absolute atomic E-state index is 0.0893. The average Bonchev–Trinajstić information content (AvgIpc) is 3.19. The highest BCUT2D eigenvalue weighted by atomic mass is 19.4. The number of hydrogen-bond donors (Lipinski definition) is 0.